The van der Waals surface area contributed by atoms with E-state index in [0.717, 1.165) is 12.6 Å². The minimum absolute atomic E-state index is 0.151. The highest BCUT2D eigenvalue weighted by atomic mass is 19.1. The van der Waals surface area contributed by atoms with Gasteiger partial charge in [0.2, 0.25) is 5.91 Å². The Bertz CT molecular complexity index is 526. The molecule has 2 rings (SSSR count). The number of rotatable bonds is 3. The summed E-state index contributed by atoms with van der Waals surface area (Å²) in [5.74, 6) is -1.12. The van der Waals surface area contributed by atoms with Gasteiger partial charge in [0.1, 0.15) is 11.9 Å². The van der Waals surface area contributed by atoms with E-state index in [-0.39, 0.29) is 11.6 Å². The largest absolute Gasteiger partial charge is 0.366 e. The minimum Gasteiger partial charge on any atom is -0.366 e. The van der Waals surface area contributed by atoms with Crippen LogP contribution in [0.3, 0.4) is 0 Å². The smallest absolute Gasteiger partial charge is 0.248 e. The number of piperazine rings is 1. The van der Waals surface area contributed by atoms with Crippen LogP contribution >= 0.6 is 0 Å². The number of halogens is 1. The third-order valence-electron chi connectivity index (χ3n) is 3.21. The molecule has 0 spiro atoms. The number of nitrogens with two attached hydrogens (primary N) is 1. The Morgan fingerprint density at radius 1 is 1.63 bits per heavy atom. The first-order valence-electron chi connectivity index (χ1n) is 6.04. The molecular formula is C13H15FN4O. The van der Waals surface area contributed by atoms with E-state index < -0.39 is 11.7 Å². The highest BCUT2D eigenvalue weighted by Crippen LogP contribution is 2.15. The van der Waals surface area contributed by atoms with Crippen molar-refractivity contribution < 1.29 is 9.18 Å². The second-order valence-corrected chi connectivity index (χ2v) is 4.49. The Hall–Kier alpha value is -1.97. The topological polar surface area (TPSA) is 82.2 Å². The zero-order valence-electron chi connectivity index (χ0n) is 10.4. The van der Waals surface area contributed by atoms with E-state index in [0.29, 0.717) is 25.2 Å². The number of carbonyl (C=O) groups excluding carboxylic acids is 1. The molecule has 1 aliphatic heterocycles. The van der Waals surface area contributed by atoms with Crippen LogP contribution in [0.4, 0.5) is 4.39 Å². The number of nitriles is 1. The lowest BCUT2D eigenvalue weighted by Gasteiger charge is -2.31. The first-order valence-corrected chi connectivity index (χ1v) is 6.04. The minimum atomic E-state index is -0.650. The Morgan fingerprint density at radius 3 is 3.05 bits per heavy atom. The zero-order chi connectivity index (χ0) is 13.8. The summed E-state index contributed by atoms with van der Waals surface area (Å²) < 4.78 is 13.9. The first-order chi connectivity index (χ1) is 9.11. The molecule has 1 fully saturated rings. The van der Waals surface area contributed by atoms with Crippen LogP contribution in [0.25, 0.3) is 0 Å². The predicted molar refractivity (Wildman–Crippen MR) is 67.6 cm³/mol. The van der Waals surface area contributed by atoms with Gasteiger partial charge in [0.15, 0.2) is 0 Å². The van der Waals surface area contributed by atoms with Crippen molar-refractivity contribution in [1.82, 2.24) is 10.2 Å². The summed E-state index contributed by atoms with van der Waals surface area (Å²) in [5, 5.41) is 12.2. The number of benzene rings is 1. The van der Waals surface area contributed by atoms with Gasteiger partial charge in [-0.15, -0.1) is 0 Å². The van der Waals surface area contributed by atoms with Crippen molar-refractivity contribution in [3.63, 3.8) is 0 Å². The van der Waals surface area contributed by atoms with E-state index >= 15 is 0 Å². The molecule has 1 amide bonds. The molecule has 1 aliphatic rings. The highest BCUT2D eigenvalue weighted by Gasteiger charge is 2.22. The van der Waals surface area contributed by atoms with Gasteiger partial charge < -0.3 is 11.1 Å². The number of nitrogens with one attached hydrogen (secondary N) is 1. The lowest BCUT2D eigenvalue weighted by molar-refractivity contribution is 0.0999. The number of hydrogen-bond donors (Lipinski definition) is 2. The van der Waals surface area contributed by atoms with Gasteiger partial charge in [0, 0.05) is 37.3 Å². The fraction of sp³-hybridized carbons (Fsp3) is 0.385. The molecule has 100 valence electrons. The maximum atomic E-state index is 13.9. The quantitative estimate of drug-likeness (QED) is 0.816. The second kappa shape index (κ2) is 5.78. The molecule has 0 aliphatic carbocycles. The van der Waals surface area contributed by atoms with Gasteiger partial charge in [-0.3, -0.25) is 9.69 Å². The molecule has 1 unspecified atom stereocenters. The van der Waals surface area contributed by atoms with Crippen molar-refractivity contribution in [3.05, 3.63) is 35.1 Å². The molecule has 1 atom stereocenters. The van der Waals surface area contributed by atoms with Crippen LogP contribution < -0.4 is 11.1 Å². The van der Waals surface area contributed by atoms with E-state index in [2.05, 4.69) is 11.4 Å². The molecule has 0 saturated carbocycles. The Balaban J connectivity index is 2.14. The summed E-state index contributed by atoms with van der Waals surface area (Å²) in [6.07, 6.45) is 0. The molecule has 1 heterocycles. The Morgan fingerprint density at radius 2 is 2.42 bits per heavy atom. The van der Waals surface area contributed by atoms with Crippen molar-refractivity contribution in [2.75, 3.05) is 19.6 Å². The summed E-state index contributed by atoms with van der Waals surface area (Å²) >= 11 is 0. The number of nitrogens with zero attached hydrogens (tertiary/aromatic N) is 2. The Labute approximate surface area is 110 Å². The molecule has 1 saturated heterocycles. The van der Waals surface area contributed by atoms with E-state index in [9.17, 15) is 9.18 Å². The maximum Gasteiger partial charge on any atom is 0.248 e. The van der Waals surface area contributed by atoms with Crippen LogP contribution in [-0.2, 0) is 6.54 Å². The van der Waals surface area contributed by atoms with Gasteiger partial charge in [-0.1, -0.05) is 6.07 Å². The molecule has 0 bridgehead atoms. The fourth-order valence-electron chi connectivity index (χ4n) is 2.11. The van der Waals surface area contributed by atoms with Crippen molar-refractivity contribution in [1.29, 1.82) is 5.26 Å². The molecular weight excluding hydrogens is 247 g/mol. The van der Waals surface area contributed by atoms with Crippen LogP contribution in [0, 0.1) is 17.1 Å². The Kier molecular flexibility index (Phi) is 4.10. The van der Waals surface area contributed by atoms with Crippen molar-refractivity contribution in [2.45, 2.75) is 12.6 Å². The number of carbonyl (C=O) groups is 1. The lowest BCUT2D eigenvalue weighted by atomic mass is 10.1. The zero-order valence-corrected chi connectivity index (χ0v) is 10.4. The van der Waals surface area contributed by atoms with Crippen molar-refractivity contribution >= 4 is 5.91 Å². The molecule has 0 radical (unpaired) electrons. The molecule has 0 aromatic heterocycles. The van der Waals surface area contributed by atoms with Gasteiger partial charge >= 0.3 is 0 Å². The standard InChI is InChI=1S/C13H15FN4O/c14-12-5-9(13(16)19)1-2-10(12)8-18-4-3-17-7-11(18)6-15/h1-2,5,11,17H,3-4,7-8H2,(H2,16,19). The van der Waals surface area contributed by atoms with Crippen molar-refractivity contribution in [3.8, 4) is 6.07 Å². The van der Waals surface area contributed by atoms with E-state index in [1.54, 1.807) is 6.07 Å². The maximum absolute atomic E-state index is 13.9. The molecule has 6 heteroatoms. The molecule has 1 aromatic rings. The number of amides is 1. The number of hydrogen-bond acceptors (Lipinski definition) is 4. The van der Waals surface area contributed by atoms with Crippen LogP contribution in [0.5, 0.6) is 0 Å². The van der Waals surface area contributed by atoms with Crippen LogP contribution in [-0.4, -0.2) is 36.5 Å². The normalized spacial score (nSPS) is 19.9. The monoisotopic (exact) mass is 262 g/mol. The van der Waals surface area contributed by atoms with Gasteiger partial charge in [-0.05, 0) is 12.1 Å². The average molecular weight is 262 g/mol. The second-order valence-electron chi connectivity index (χ2n) is 4.49. The third kappa shape index (κ3) is 3.08. The lowest BCUT2D eigenvalue weighted by Crippen LogP contribution is -2.50. The molecule has 3 N–H and O–H groups in total. The van der Waals surface area contributed by atoms with E-state index in [4.69, 9.17) is 11.0 Å². The predicted octanol–water partition coefficient (Wildman–Crippen LogP) is 0.222. The highest BCUT2D eigenvalue weighted by molar-refractivity contribution is 5.92. The third-order valence-corrected chi connectivity index (χ3v) is 3.21. The molecule has 1 aromatic carbocycles. The summed E-state index contributed by atoms with van der Waals surface area (Å²) in [5.41, 5.74) is 5.71. The van der Waals surface area contributed by atoms with Crippen LogP contribution in [0.15, 0.2) is 18.2 Å². The number of primary amides is 1. The molecule has 19 heavy (non-hydrogen) atoms. The van der Waals surface area contributed by atoms with Gasteiger partial charge in [0.05, 0.1) is 6.07 Å². The van der Waals surface area contributed by atoms with Gasteiger partial charge in [-0.25, -0.2) is 4.39 Å². The summed E-state index contributed by atoms with van der Waals surface area (Å²) in [6.45, 7) is 2.40. The average Bonchev–Trinajstić information content (AvgIpc) is 2.41. The SMILES string of the molecule is N#CC1CNCCN1Cc1ccc(C(N)=O)cc1F. The van der Waals surface area contributed by atoms with Crippen LogP contribution in [0.1, 0.15) is 15.9 Å². The van der Waals surface area contributed by atoms with E-state index in [1.807, 2.05) is 4.90 Å². The first kappa shape index (κ1) is 13.5. The van der Waals surface area contributed by atoms with Crippen LogP contribution in [0.2, 0.25) is 0 Å². The summed E-state index contributed by atoms with van der Waals surface area (Å²) in [7, 11) is 0. The van der Waals surface area contributed by atoms with Gasteiger partial charge in [0.25, 0.3) is 0 Å². The van der Waals surface area contributed by atoms with E-state index in [1.165, 1.54) is 6.07 Å². The molecule has 5 nitrogen and oxygen atoms in total. The summed E-state index contributed by atoms with van der Waals surface area (Å²) in [6, 6.07) is 6.12. The van der Waals surface area contributed by atoms with Crippen molar-refractivity contribution in [2.24, 2.45) is 5.73 Å². The fourth-order valence-corrected chi connectivity index (χ4v) is 2.11. The summed E-state index contributed by atoms with van der Waals surface area (Å²) in [4.78, 5) is 12.9. The van der Waals surface area contributed by atoms with Gasteiger partial charge in [-0.2, -0.15) is 5.26 Å².